The molecular weight excluding hydrogens is 316 g/mol. The van der Waals surface area contributed by atoms with Crippen molar-refractivity contribution < 1.29 is 24.0 Å². The van der Waals surface area contributed by atoms with Crippen LogP contribution in [0.25, 0.3) is 0 Å². The summed E-state index contributed by atoms with van der Waals surface area (Å²) in [5.74, 6) is -0.964. The number of hydrogen-bond acceptors (Lipinski definition) is 6. The molecule has 0 amide bonds. The number of nitro benzene ring substituents is 1. The maximum Gasteiger partial charge on any atom is 0.339 e. The highest BCUT2D eigenvalue weighted by molar-refractivity contribution is 6.02. The van der Waals surface area contributed by atoms with Crippen molar-refractivity contribution in [1.29, 1.82) is 0 Å². The minimum absolute atomic E-state index is 0.00460. The van der Waals surface area contributed by atoms with Gasteiger partial charge in [-0.25, -0.2) is 4.79 Å². The van der Waals surface area contributed by atoms with E-state index in [4.69, 9.17) is 4.74 Å². The minimum atomic E-state index is -0.584. The monoisotopic (exact) mass is 332 g/mol. The average molecular weight is 332 g/mol. The second-order valence-corrected chi connectivity index (χ2v) is 5.05. The molecule has 0 radical (unpaired) electrons. The number of ketones is 1. The molecule has 2 aromatic rings. The first-order valence-corrected chi connectivity index (χ1v) is 7.03. The fraction of sp³-hybridized carbons (Fsp3) is 0.250. The zero-order valence-electron chi connectivity index (χ0n) is 13.4. The Hall–Kier alpha value is -3.16. The third kappa shape index (κ3) is 3.27. The third-order valence-corrected chi connectivity index (χ3v) is 3.53. The van der Waals surface area contributed by atoms with Gasteiger partial charge in [-0.2, -0.15) is 0 Å². The number of benzene rings is 1. The molecule has 0 spiro atoms. The number of H-pyrrole nitrogens is 1. The predicted molar refractivity (Wildman–Crippen MR) is 84.5 cm³/mol. The smallest absolute Gasteiger partial charge is 0.339 e. The van der Waals surface area contributed by atoms with Crippen LogP contribution in [0.3, 0.4) is 0 Å². The van der Waals surface area contributed by atoms with Crippen LogP contribution in [-0.4, -0.2) is 35.4 Å². The molecule has 1 heterocycles. The fourth-order valence-corrected chi connectivity index (χ4v) is 2.38. The van der Waals surface area contributed by atoms with E-state index in [1.54, 1.807) is 19.9 Å². The van der Waals surface area contributed by atoms with Gasteiger partial charge in [-0.05, 0) is 25.5 Å². The van der Waals surface area contributed by atoms with Crippen LogP contribution >= 0.6 is 0 Å². The second kappa shape index (κ2) is 6.95. The Morgan fingerprint density at radius 2 is 1.92 bits per heavy atom. The molecule has 0 saturated carbocycles. The lowest BCUT2D eigenvalue weighted by Gasteiger charge is -2.06. The van der Waals surface area contributed by atoms with E-state index in [-0.39, 0.29) is 17.1 Å². The molecule has 2 rings (SSSR count). The van der Waals surface area contributed by atoms with E-state index in [0.717, 1.165) is 0 Å². The predicted octanol–water partition coefficient (Wildman–Crippen LogP) is 2.59. The molecule has 0 aliphatic carbocycles. The number of aromatic amines is 1. The Bertz CT molecular complexity index is 809. The molecule has 0 atom stereocenters. The summed E-state index contributed by atoms with van der Waals surface area (Å²) in [6.07, 6.45) is 0. The summed E-state index contributed by atoms with van der Waals surface area (Å²) in [7, 11) is 1.26. The van der Waals surface area contributed by atoms with E-state index in [2.05, 4.69) is 9.72 Å². The number of rotatable bonds is 6. The molecule has 0 aliphatic rings. The number of esters is 1. The average Bonchev–Trinajstić information content (AvgIpc) is 2.86. The van der Waals surface area contributed by atoms with Crippen LogP contribution in [0.4, 0.5) is 5.69 Å². The van der Waals surface area contributed by atoms with Crippen LogP contribution in [0, 0.1) is 24.0 Å². The van der Waals surface area contributed by atoms with E-state index >= 15 is 0 Å². The fourth-order valence-electron chi connectivity index (χ4n) is 2.38. The summed E-state index contributed by atoms with van der Waals surface area (Å²) < 4.78 is 9.96. The minimum Gasteiger partial charge on any atom is -0.478 e. The van der Waals surface area contributed by atoms with Crippen molar-refractivity contribution in [2.24, 2.45) is 0 Å². The number of nitro groups is 1. The number of aryl methyl sites for hydroxylation is 1. The zero-order valence-corrected chi connectivity index (χ0v) is 13.4. The van der Waals surface area contributed by atoms with Gasteiger partial charge in [0, 0.05) is 11.8 Å². The molecule has 1 aromatic carbocycles. The Morgan fingerprint density at radius 1 is 1.25 bits per heavy atom. The first-order valence-electron chi connectivity index (χ1n) is 7.03. The van der Waals surface area contributed by atoms with Gasteiger partial charge in [0.15, 0.2) is 12.4 Å². The van der Waals surface area contributed by atoms with Crippen molar-refractivity contribution in [3.05, 3.63) is 56.9 Å². The maximum absolute atomic E-state index is 12.3. The van der Waals surface area contributed by atoms with Crippen molar-refractivity contribution >= 4 is 17.4 Å². The van der Waals surface area contributed by atoms with E-state index in [0.29, 0.717) is 16.8 Å². The number of nitrogens with zero attached hydrogens (tertiary/aromatic N) is 1. The largest absolute Gasteiger partial charge is 0.478 e. The van der Waals surface area contributed by atoms with Crippen molar-refractivity contribution in [3.8, 4) is 5.75 Å². The molecule has 8 heteroatoms. The van der Waals surface area contributed by atoms with Crippen LogP contribution in [0.5, 0.6) is 5.75 Å². The Kier molecular flexibility index (Phi) is 4.98. The first-order chi connectivity index (χ1) is 11.4. The van der Waals surface area contributed by atoms with E-state index in [1.165, 1.54) is 25.3 Å². The molecular formula is C16H16N2O6. The molecule has 24 heavy (non-hydrogen) atoms. The Labute approximate surface area is 137 Å². The molecule has 8 nitrogen and oxygen atoms in total. The van der Waals surface area contributed by atoms with Gasteiger partial charge < -0.3 is 14.5 Å². The number of aromatic nitrogens is 1. The summed E-state index contributed by atoms with van der Waals surface area (Å²) >= 11 is 0. The highest BCUT2D eigenvalue weighted by atomic mass is 16.6. The number of hydrogen-bond donors (Lipinski definition) is 1. The van der Waals surface area contributed by atoms with Crippen LogP contribution in [0.15, 0.2) is 24.3 Å². The van der Waals surface area contributed by atoms with Crippen LogP contribution < -0.4 is 4.74 Å². The number of nitrogens with one attached hydrogen (secondary N) is 1. The topological polar surface area (TPSA) is 112 Å². The summed E-state index contributed by atoms with van der Waals surface area (Å²) in [6, 6.07) is 5.79. The van der Waals surface area contributed by atoms with Crippen LogP contribution in [0.2, 0.25) is 0 Å². The lowest BCUT2D eigenvalue weighted by molar-refractivity contribution is -0.385. The standard InChI is InChI=1S/C16H16N2O6/c1-9-14(16(20)23-3)10(2)17-15(9)12(19)8-24-13-7-5-4-6-11(13)18(21)22/h4-7,17H,8H2,1-3H3. The molecule has 0 aliphatic heterocycles. The summed E-state index contributed by atoms with van der Waals surface area (Å²) in [6.45, 7) is 2.87. The highest BCUT2D eigenvalue weighted by Gasteiger charge is 2.23. The normalized spacial score (nSPS) is 10.3. The van der Waals surface area contributed by atoms with Gasteiger partial charge >= 0.3 is 11.7 Å². The molecule has 0 bridgehead atoms. The first kappa shape index (κ1) is 17.2. The van der Waals surface area contributed by atoms with E-state index < -0.39 is 23.3 Å². The molecule has 0 unspecified atom stereocenters. The maximum atomic E-state index is 12.3. The van der Waals surface area contributed by atoms with Crippen molar-refractivity contribution in [1.82, 2.24) is 4.98 Å². The summed E-state index contributed by atoms with van der Waals surface area (Å²) in [4.78, 5) is 37.2. The van der Waals surface area contributed by atoms with Gasteiger partial charge in [0.1, 0.15) is 0 Å². The lowest BCUT2D eigenvalue weighted by atomic mass is 10.1. The van der Waals surface area contributed by atoms with Crippen molar-refractivity contribution in [3.63, 3.8) is 0 Å². The van der Waals surface area contributed by atoms with E-state index in [9.17, 15) is 19.7 Å². The summed E-state index contributed by atoms with van der Waals surface area (Å²) in [5.41, 5.74) is 1.25. The molecule has 126 valence electrons. The SMILES string of the molecule is COC(=O)c1c(C)[nH]c(C(=O)COc2ccccc2[N+](=O)[O-])c1C. The quantitative estimate of drug-likeness (QED) is 0.376. The Morgan fingerprint density at radius 3 is 2.54 bits per heavy atom. The number of ether oxygens (including phenoxy) is 2. The number of carbonyl (C=O) groups is 2. The van der Waals surface area contributed by atoms with Gasteiger partial charge in [-0.1, -0.05) is 12.1 Å². The Balaban J connectivity index is 2.20. The van der Waals surface area contributed by atoms with Gasteiger partial charge in [-0.3, -0.25) is 14.9 Å². The number of carbonyl (C=O) groups excluding carboxylic acids is 2. The van der Waals surface area contributed by atoms with Gasteiger partial charge in [-0.15, -0.1) is 0 Å². The molecule has 0 fully saturated rings. The molecule has 0 saturated heterocycles. The van der Waals surface area contributed by atoms with Gasteiger partial charge in [0.2, 0.25) is 5.78 Å². The van der Waals surface area contributed by atoms with Crippen LogP contribution in [0.1, 0.15) is 32.1 Å². The van der Waals surface area contributed by atoms with Crippen molar-refractivity contribution in [2.75, 3.05) is 13.7 Å². The number of para-hydroxylation sites is 2. The molecule has 1 N–H and O–H groups in total. The van der Waals surface area contributed by atoms with Gasteiger partial charge in [0.05, 0.1) is 23.3 Å². The van der Waals surface area contributed by atoms with Crippen molar-refractivity contribution in [2.45, 2.75) is 13.8 Å². The summed E-state index contributed by atoms with van der Waals surface area (Å²) in [5, 5.41) is 10.9. The second-order valence-electron chi connectivity index (χ2n) is 5.05. The van der Waals surface area contributed by atoms with Crippen LogP contribution in [-0.2, 0) is 4.74 Å². The number of Topliss-reactive ketones (excluding diaryl/α,β-unsaturated/α-hetero) is 1. The van der Waals surface area contributed by atoms with Gasteiger partial charge in [0.25, 0.3) is 0 Å². The lowest BCUT2D eigenvalue weighted by Crippen LogP contribution is -2.14. The number of methoxy groups -OCH3 is 1. The third-order valence-electron chi connectivity index (χ3n) is 3.53. The van der Waals surface area contributed by atoms with E-state index in [1.807, 2.05) is 0 Å². The zero-order chi connectivity index (χ0) is 17.9. The highest BCUT2D eigenvalue weighted by Crippen LogP contribution is 2.26. The molecule has 1 aromatic heterocycles.